The average Bonchev–Trinajstić information content (AvgIpc) is 2.69. The van der Waals surface area contributed by atoms with Crippen LogP contribution in [0.2, 0.25) is 0 Å². The predicted molar refractivity (Wildman–Crippen MR) is 114 cm³/mol. The summed E-state index contributed by atoms with van der Waals surface area (Å²) in [6, 6.07) is 29.0. The number of benzene rings is 3. The van der Waals surface area contributed by atoms with Crippen LogP contribution in [0.5, 0.6) is 0 Å². The summed E-state index contributed by atoms with van der Waals surface area (Å²) in [5, 5.41) is 11.4. The van der Waals surface area contributed by atoms with E-state index in [4.69, 9.17) is 0 Å². The summed E-state index contributed by atoms with van der Waals surface area (Å²) in [6.45, 7) is 0. The van der Waals surface area contributed by atoms with Gasteiger partial charge >= 0.3 is 0 Å². The zero-order valence-corrected chi connectivity index (χ0v) is 15.4. The van der Waals surface area contributed by atoms with Crippen molar-refractivity contribution in [3.8, 4) is 0 Å². The molecule has 1 heteroatoms. The normalized spacial score (nSPS) is 20.7. The van der Waals surface area contributed by atoms with E-state index in [-0.39, 0.29) is 0 Å². The fourth-order valence-corrected chi connectivity index (χ4v) is 3.86. The van der Waals surface area contributed by atoms with Crippen molar-refractivity contribution < 1.29 is 5.11 Å². The summed E-state index contributed by atoms with van der Waals surface area (Å²) in [6.07, 6.45) is 8.40. The van der Waals surface area contributed by atoms with Crippen LogP contribution in [0.3, 0.4) is 0 Å². The van der Waals surface area contributed by atoms with Gasteiger partial charge in [-0.05, 0) is 34.2 Å². The minimum Gasteiger partial charge on any atom is -0.389 e. The summed E-state index contributed by atoms with van der Waals surface area (Å²) in [7, 11) is 0. The Morgan fingerprint density at radius 2 is 1.37 bits per heavy atom. The molecule has 0 amide bonds. The van der Waals surface area contributed by atoms with Crippen LogP contribution in [0, 0.1) is 0 Å². The van der Waals surface area contributed by atoms with E-state index in [1.54, 1.807) is 0 Å². The Labute approximate surface area is 161 Å². The number of rotatable bonds is 4. The number of fused-ring (bicyclic) bond motifs is 1. The van der Waals surface area contributed by atoms with Gasteiger partial charge in [-0.15, -0.1) is 0 Å². The molecule has 3 aromatic carbocycles. The third kappa shape index (κ3) is 4.27. The summed E-state index contributed by atoms with van der Waals surface area (Å²) in [5.74, 6) is 0. The summed E-state index contributed by atoms with van der Waals surface area (Å²) >= 11 is 0. The fourth-order valence-electron chi connectivity index (χ4n) is 3.86. The van der Waals surface area contributed by atoms with Crippen LogP contribution < -0.4 is 0 Å². The van der Waals surface area contributed by atoms with Gasteiger partial charge in [0.2, 0.25) is 0 Å². The van der Waals surface area contributed by atoms with Gasteiger partial charge in [0.15, 0.2) is 0 Å². The monoisotopic (exact) mass is 352 g/mol. The second-order valence-corrected chi connectivity index (χ2v) is 7.33. The van der Waals surface area contributed by atoms with Crippen molar-refractivity contribution in [1.82, 2.24) is 0 Å². The van der Waals surface area contributed by atoms with E-state index in [0.29, 0.717) is 19.3 Å². The molecule has 0 aromatic heterocycles. The van der Waals surface area contributed by atoms with Crippen LogP contribution in [-0.2, 0) is 6.42 Å². The van der Waals surface area contributed by atoms with Gasteiger partial charge in [0.05, 0.1) is 5.60 Å². The molecule has 1 N–H and O–H groups in total. The largest absolute Gasteiger partial charge is 0.389 e. The first kappa shape index (κ1) is 17.5. The molecule has 0 bridgehead atoms. The lowest BCUT2D eigenvalue weighted by Gasteiger charge is -2.34. The predicted octanol–water partition coefficient (Wildman–Crippen LogP) is 6.01. The summed E-state index contributed by atoms with van der Waals surface area (Å²) in [5.41, 5.74) is 5.28. The lowest BCUT2D eigenvalue weighted by atomic mass is 9.75. The third-order valence-corrected chi connectivity index (χ3v) is 5.15. The lowest BCUT2D eigenvalue weighted by Crippen LogP contribution is -2.34. The Hall–Kier alpha value is -2.90. The molecule has 0 saturated carbocycles. The molecule has 0 aliphatic heterocycles. The van der Waals surface area contributed by atoms with Crippen LogP contribution >= 0.6 is 0 Å². The third-order valence-electron chi connectivity index (χ3n) is 5.15. The molecule has 27 heavy (non-hydrogen) atoms. The molecule has 0 saturated heterocycles. The Kier molecular flexibility index (Phi) is 5.04. The van der Waals surface area contributed by atoms with Crippen LogP contribution in [0.4, 0.5) is 0 Å². The molecule has 3 aromatic rings. The minimum absolute atomic E-state index is 0.641. The van der Waals surface area contributed by atoms with Gasteiger partial charge in [-0.1, -0.05) is 103 Å². The Morgan fingerprint density at radius 1 is 0.741 bits per heavy atom. The maximum atomic E-state index is 11.4. The van der Waals surface area contributed by atoms with Crippen molar-refractivity contribution in [2.45, 2.75) is 24.9 Å². The Morgan fingerprint density at radius 3 is 2.11 bits per heavy atom. The first-order valence-electron chi connectivity index (χ1n) is 9.50. The summed E-state index contributed by atoms with van der Waals surface area (Å²) < 4.78 is 0. The molecule has 0 radical (unpaired) electrons. The van der Waals surface area contributed by atoms with Crippen LogP contribution in [0.25, 0.3) is 17.7 Å². The molecule has 1 aliphatic carbocycles. The van der Waals surface area contributed by atoms with Gasteiger partial charge in [0.1, 0.15) is 0 Å². The number of hydrogen-bond donors (Lipinski definition) is 1. The zero-order valence-electron chi connectivity index (χ0n) is 15.4. The van der Waals surface area contributed by atoms with Crippen molar-refractivity contribution in [3.05, 3.63) is 113 Å². The maximum Gasteiger partial charge on any atom is 0.0762 e. The average molecular weight is 352 g/mol. The smallest absolute Gasteiger partial charge is 0.0762 e. The Bertz CT molecular complexity index is 954. The van der Waals surface area contributed by atoms with Crippen molar-refractivity contribution in [3.63, 3.8) is 0 Å². The number of hydrogen-bond acceptors (Lipinski definition) is 1. The van der Waals surface area contributed by atoms with Gasteiger partial charge in [0, 0.05) is 12.8 Å². The van der Waals surface area contributed by atoms with Crippen molar-refractivity contribution in [2.24, 2.45) is 0 Å². The minimum atomic E-state index is -0.750. The molecule has 4 rings (SSSR count). The molecular formula is C26H24O. The molecule has 0 heterocycles. The quantitative estimate of drug-likeness (QED) is 0.610. The SMILES string of the molecule is OC1(C/C=C/c2ccccc2)C/C(=C/c2ccccc2)c2ccccc2C1. The fraction of sp³-hybridized carbons (Fsp3) is 0.154. The highest BCUT2D eigenvalue weighted by atomic mass is 16.3. The van der Waals surface area contributed by atoms with Crippen molar-refractivity contribution in [1.29, 1.82) is 0 Å². The second-order valence-electron chi connectivity index (χ2n) is 7.33. The van der Waals surface area contributed by atoms with Crippen LogP contribution in [0.15, 0.2) is 91.0 Å². The topological polar surface area (TPSA) is 20.2 Å². The second kappa shape index (κ2) is 7.77. The van der Waals surface area contributed by atoms with Crippen molar-refractivity contribution >= 4 is 17.7 Å². The summed E-state index contributed by atoms with van der Waals surface area (Å²) in [4.78, 5) is 0. The Balaban J connectivity index is 1.62. The van der Waals surface area contributed by atoms with E-state index >= 15 is 0 Å². The molecule has 1 aliphatic rings. The van der Waals surface area contributed by atoms with E-state index in [0.717, 1.165) is 5.56 Å². The molecule has 1 atom stereocenters. The van der Waals surface area contributed by atoms with E-state index in [1.807, 2.05) is 24.3 Å². The van der Waals surface area contributed by atoms with Gasteiger partial charge in [0.25, 0.3) is 0 Å². The molecule has 1 nitrogen and oxygen atoms in total. The van der Waals surface area contributed by atoms with Crippen molar-refractivity contribution in [2.75, 3.05) is 0 Å². The van der Waals surface area contributed by atoms with Gasteiger partial charge in [-0.2, -0.15) is 0 Å². The molecule has 0 spiro atoms. The zero-order chi connectivity index (χ0) is 18.5. The molecule has 134 valence electrons. The van der Waals surface area contributed by atoms with Gasteiger partial charge < -0.3 is 5.11 Å². The highest BCUT2D eigenvalue weighted by Crippen LogP contribution is 2.39. The maximum absolute atomic E-state index is 11.4. The lowest BCUT2D eigenvalue weighted by molar-refractivity contribution is 0.0464. The van der Waals surface area contributed by atoms with E-state index in [1.165, 1.54) is 22.3 Å². The first-order chi connectivity index (χ1) is 13.2. The first-order valence-corrected chi connectivity index (χ1v) is 9.50. The van der Waals surface area contributed by atoms with E-state index in [9.17, 15) is 5.11 Å². The number of aliphatic hydroxyl groups is 1. The molecule has 1 unspecified atom stereocenters. The van der Waals surface area contributed by atoms with Crippen LogP contribution in [-0.4, -0.2) is 10.7 Å². The standard InChI is InChI=1S/C26H24O/c27-26(17-9-14-21-10-3-1-4-11-21)19-23-15-7-8-16-25(23)24(20-26)18-22-12-5-2-6-13-22/h1-16,18,27H,17,19-20H2/b14-9+,24-18-. The highest BCUT2D eigenvalue weighted by Gasteiger charge is 2.33. The van der Waals surface area contributed by atoms with E-state index in [2.05, 4.69) is 78.9 Å². The van der Waals surface area contributed by atoms with E-state index < -0.39 is 5.60 Å². The molecule has 0 fully saturated rings. The van der Waals surface area contributed by atoms with Crippen LogP contribution in [0.1, 0.15) is 35.1 Å². The van der Waals surface area contributed by atoms with Gasteiger partial charge in [-0.3, -0.25) is 0 Å². The van der Waals surface area contributed by atoms with Gasteiger partial charge in [-0.25, -0.2) is 0 Å². The highest BCUT2D eigenvalue weighted by molar-refractivity contribution is 5.84. The molecular weight excluding hydrogens is 328 g/mol.